The highest BCUT2D eigenvalue weighted by Crippen LogP contribution is 2.30. The lowest BCUT2D eigenvalue weighted by atomic mass is 9.81. The summed E-state index contributed by atoms with van der Waals surface area (Å²) in [5.74, 6) is 0.146. The minimum atomic E-state index is -0.357. The van der Waals surface area contributed by atoms with Gasteiger partial charge in [-0.1, -0.05) is 39.9 Å². The van der Waals surface area contributed by atoms with Crippen LogP contribution in [0.15, 0.2) is 16.6 Å². The summed E-state index contributed by atoms with van der Waals surface area (Å²) in [5, 5.41) is 3.15. The number of nitrogens with two attached hydrogens (primary N) is 1. The van der Waals surface area contributed by atoms with Crippen LogP contribution in [-0.4, -0.2) is 11.5 Å². The highest BCUT2D eigenvalue weighted by atomic mass is 79.9. The van der Waals surface area contributed by atoms with E-state index in [1.807, 2.05) is 0 Å². The van der Waals surface area contributed by atoms with E-state index in [0.29, 0.717) is 28.2 Å². The normalized spacial score (nSPS) is 11.7. The molecule has 1 aromatic rings. The molecule has 0 atom stereocenters. The lowest BCUT2D eigenvalue weighted by molar-refractivity contribution is 0.269. The lowest BCUT2D eigenvalue weighted by Crippen LogP contribution is -2.28. The number of thiocarbonyl (C=S) groups is 1. The molecule has 0 heterocycles. The van der Waals surface area contributed by atoms with Crippen molar-refractivity contribution in [3.05, 3.63) is 28.0 Å². The Kier molecular flexibility index (Phi) is 5.33. The topological polar surface area (TPSA) is 38.0 Å². The Morgan fingerprint density at radius 2 is 2.05 bits per heavy atom. The van der Waals surface area contributed by atoms with Gasteiger partial charge in [-0.3, -0.25) is 0 Å². The third-order valence-electron chi connectivity index (χ3n) is 3.65. The third-order valence-corrected chi connectivity index (χ3v) is 4.64. The van der Waals surface area contributed by atoms with E-state index in [-0.39, 0.29) is 16.2 Å². The van der Waals surface area contributed by atoms with Crippen molar-refractivity contribution in [2.45, 2.75) is 27.7 Å². The van der Waals surface area contributed by atoms with E-state index in [1.165, 1.54) is 0 Å². The zero-order valence-corrected chi connectivity index (χ0v) is 14.1. The summed E-state index contributed by atoms with van der Waals surface area (Å²) in [6.45, 7) is 9.32. The number of rotatable bonds is 5. The fraction of sp³-hybridized carbons (Fsp3) is 0.500. The summed E-state index contributed by atoms with van der Waals surface area (Å²) in [6.07, 6.45) is 0. The standard InChI is InChI=1S/C14H20BrFN2S/c1-8(2)14(3,4)7-18-10-6-5-9(13(17)19)11(15)12(10)16/h5-6,8,18H,7H2,1-4H3,(H2,17,19). The van der Waals surface area contributed by atoms with Crippen LogP contribution in [0.1, 0.15) is 33.3 Å². The first-order chi connectivity index (χ1) is 8.66. The molecule has 2 nitrogen and oxygen atoms in total. The number of anilines is 1. The molecular weight excluding hydrogens is 327 g/mol. The molecule has 1 aromatic carbocycles. The van der Waals surface area contributed by atoms with Crippen LogP contribution in [0.25, 0.3) is 0 Å². The maximum atomic E-state index is 14.2. The van der Waals surface area contributed by atoms with Gasteiger partial charge in [0.25, 0.3) is 0 Å². The highest BCUT2D eigenvalue weighted by molar-refractivity contribution is 9.10. The molecule has 5 heteroatoms. The van der Waals surface area contributed by atoms with E-state index in [0.717, 1.165) is 0 Å². The van der Waals surface area contributed by atoms with Crippen LogP contribution in [-0.2, 0) is 0 Å². The fourth-order valence-corrected chi connectivity index (χ4v) is 2.26. The SMILES string of the molecule is CC(C)C(C)(C)CNc1ccc(C(N)=S)c(Br)c1F. The molecule has 0 bridgehead atoms. The number of benzene rings is 1. The van der Waals surface area contributed by atoms with E-state index < -0.39 is 0 Å². The highest BCUT2D eigenvalue weighted by Gasteiger charge is 2.23. The zero-order chi connectivity index (χ0) is 14.8. The lowest BCUT2D eigenvalue weighted by Gasteiger charge is -2.30. The molecule has 0 unspecified atom stereocenters. The third kappa shape index (κ3) is 3.89. The van der Waals surface area contributed by atoms with E-state index in [9.17, 15) is 4.39 Å². The van der Waals surface area contributed by atoms with E-state index in [4.69, 9.17) is 18.0 Å². The molecule has 3 N–H and O–H groups in total. The van der Waals surface area contributed by atoms with Gasteiger partial charge in [-0.05, 0) is 39.4 Å². The predicted molar refractivity (Wildman–Crippen MR) is 87.1 cm³/mol. The van der Waals surface area contributed by atoms with Gasteiger partial charge >= 0.3 is 0 Å². The predicted octanol–water partition coefficient (Wildman–Crippen LogP) is 4.32. The molecule has 0 amide bonds. The van der Waals surface area contributed by atoms with Crippen molar-refractivity contribution in [3.63, 3.8) is 0 Å². The van der Waals surface area contributed by atoms with Crippen LogP contribution < -0.4 is 11.1 Å². The Morgan fingerprint density at radius 3 is 2.53 bits per heavy atom. The summed E-state index contributed by atoms with van der Waals surface area (Å²) in [4.78, 5) is 0.180. The molecule has 0 aliphatic rings. The molecule has 0 fully saturated rings. The van der Waals surface area contributed by atoms with Crippen LogP contribution in [0, 0.1) is 17.2 Å². The molecule has 0 aliphatic carbocycles. The summed E-state index contributed by atoms with van der Waals surface area (Å²) in [7, 11) is 0. The largest absolute Gasteiger partial charge is 0.389 e. The molecule has 106 valence electrons. The van der Waals surface area contributed by atoms with Gasteiger partial charge in [-0.2, -0.15) is 0 Å². The Labute approximate surface area is 128 Å². The van der Waals surface area contributed by atoms with Gasteiger partial charge in [0.1, 0.15) is 4.99 Å². The van der Waals surface area contributed by atoms with Gasteiger partial charge < -0.3 is 11.1 Å². The minimum Gasteiger partial charge on any atom is -0.389 e. The molecule has 0 aromatic heterocycles. The first-order valence-corrected chi connectivity index (χ1v) is 7.38. The Morgan fingerprint density at radius 1 is 1.47 bits per heavy atom. The van der Waals surface area contributed by atoms with E-state index >= 15 is 0 Å². The minimum absolute atomic E-state index is 0.0841. The summed E-state index contributed by atoms with van der Waals surface area (Å²) >= 11 is 8.07. The van der Waals surface area contributed by atoms with Crippen molar-refractivity contribution in [1.29, 1.82) is 0 Å². The average molecular weight is 347 g/mol. The smallest absolute Gasteiger partial charge is 0.161 e. The molecule has 19 heavy (non-hydrogen) atoms. The quantitative estimate of drug-likeness (QED) is 0.779. The molecule has 0 radical (unpaired) electrons. The first-order valence-electron chi connectivity index (χ1n) is 6.18. The zero-order valence-electron chi connectivity index (χ0n) is 11.7. The van der Waals surface area contributed by atoms with Crippen LogP contribution in [0.5, 0.6) is 0 Å². The summed E-state index contributed by atoms with van der Waals surface area (Å²) in [6, 6.07) is 3.39. The second-order valence-corrected chi connectivity index (χ2v) is 6.88. The Balaban J connectivity index is 2.93. The number of hydrogen-bond acceptors (Lipinski definition) is 2. The Hall–Kier alpha value is -0.680. The maximum absolute atomic E-state index is 14.2. The molecule has 1 rings (SSSR count). The van der Waals surface area contributed by atoms with Crippen molar-refractivity contribution in [2.24, 2.45) is 17.1 Å². The van der Waals surface area contributed by atoms with Crippen LogP contribution in [0.4, 0.5) is 10.1 Å². The fourth-order valence-electron chi connectivity index (χ4n) is 1.40. The average Bonchev–Trinajstić information content (AvgIpc) is 2.30. The van der Waals surface area contributed by atoms with Crippen molar-refractivity contribution in [2.75, 3.05) is 11.9 Å². The second kappa shape index (κ2) is 6.18. The second-order valence-electron chi connectivity index (χ2n) is 5.65. The maximum Gasteiger partial charge on any atom is 0.161 e. The van der Waals surface area contributed by atoms with Gasteiger partial charge in [0.2, 0.25) is 0 Å². The number of hydrogen-bond donors (Lipinski definition) is 2. The van der Waals surface area contributed by atoms with Crippen LogP contribution >= 0.6 is 28.1 Å². The van der Waals surface area contributed by atoms with Crippen LogP contribution in [0.3, 0.4) is 0 Å². The van der Waals surface area contributed by atoms with Crippen molar-refractivity contribution in [1.82, 2.24) is 0 Å². The van der Waals surface area contributed by atoms with Gasteiger partial charge in [-0.25, -0.2) is 4.39 Å². The van der Waals surface area contributed by atoms with E-state index in [2.05, 4.69) is 48.9 Å². The number of nitrogens with one attached hydrogen (secondary N) is 1. The van der Waals surface area contributed by atoms with E-state index in [1.54, 1.807) is 12.1 Å². The monoisotopic (exact) mass is 346 g/mol. The van der Waals surface area contributed by atoms with Gasteiger partial charge in [-0.15, -0.1) is 0 Å². The number of halogens is 2. The van der Waals surface area contributed by atoms with Crippen molar-refractivity contribution in [3.8, 4) is 0 Å². The molecule has 0 saturated heterocycles. The first kappa shape index (κ1) is 16.4. The van der Waals surface area contributed by atoms with Crippen LogP contribution in [0.2, 0.25) is 0 Å². The Bertz CT molecular complexity index is 487. The molecular formula is C14H20BrFN2S. The summed E-state index contributed by atoms with van der Waals surface area (Å²) < 4.78 is 14.5. The summed E-state index contributed by atoms with van der Waals surface area (Å²) in [5.41, 5.74) is 6.59. The van der Waals surface area contributed by atoms with Gasteiger partial charge in [0, 0.05) is 12.1 Å². The molecule has 0 spiro atoms. The van der Waals surface area contributed by atoms with Gasteiger partial charge in [0.05, 0.1) is 10.2 Å². The molecule has 0 saturated carbocycles. The molecule has 0 aliphatic heterocycles. The van der Waals surface area contributed by atoms with Crippen molar-refractivity contribution >= 4 is 38.8 Å². The van der Waals surface area contributed by atoms with Gasteiger partial charge in [0.15, 0.2) is 5.82 Å². The van der Waals surface area contributed by atoms with Crippen molar-refractivity contribution < 1.29 is 4.39 Å².